The average molecular weight is 356 g/mol. The maximum Gasteiger partial charge on any atom is 0.471 e. The Morgan fingerprint density at radius 1 is 1.40 bits per heavy atom. The zero-order valence-electron chi connectivity index (χ0n) is 11.2. The van der Waals surface area contributed by atoms with Crippen molar-refractivity contribution in [2.45, 2.75) is 32.5 Å². The van der Waals surface area contributed by atoms with Gasteiger partial charge in [0, 0.05) is 11.0 Å². The molecule has 0 saturated heterocycles. The predicted octanol–water partition coefficient (Wildman–Crippen LogP) is 3.58. The molecule has 0 fully saturated rings. The quantitative estimate of drug-likeness (QED) is 0.867. The van der Waals surface area contributed by atoms with Crippen molar-refractivity contribution in [3.05, 3.63) is 34.3 Å². The number of alkyl halides is 3. The van der Waals surface area contributed by atoms with Crippen LogP contribution >= 0.6 is 15.9 Å². The third-order valence-corrected chi connectivity index (χ3v) is 2.69. The van der Waals surface area contributed by atoms with Gasteiger partial charge in [0.1, 0.15) is 0 Å². The van der Waals surface area contributed by atoms with Crippen LogP contribution in [0.2, 0.25) is 0 Å². The lowest BCUT2D eigenvalue weighted by Gasteiger charge is -2.12. The molecule has 0 bridgehead atoms. The first-order valence-corrected chi connectivity index (χ1v) is 6.88. The minimum atomic E-state index is -4.89. The lowest BCUT2D eigenvalue weighted by Crippen LogP contribution is -2.37. The van der Waals surface area contributed by atoms with Crippen molar-refractivity contribution in [1.82, 2.24) is 5.32 Å². The number of aliphatic hydroxyl groups excluding tert-OH is 1. The van der Waals surface area contributed by atoms with E-state index < -0.39 is 18.2 Å². The highest BCUT2D eigenvalue weighted by Crippen LogP contribution is 2.20. The van der Waals surface area contributed by atoms with E-state index in [2.05, 4.69) is 15.9 Å². The Labute approximate surface area is 124 Å². The summed E-state index contributed by atoms with van der Waals surface area (Å²) in [7, 11) is 0. The van der Waals surface area contributed by atoms with Gasteiger partial charge in [0.15, 0.2) is 0 Å². The minimum absolute atomic E-state index is 0.0122. The summed E-state index contributed by atoms with van der Waals surface area (Å²) in [5.74, 6) is -2.00. The molecule has 0 aliphatic rings. The maximum absolute atomic E-state index is 11.9. The third-order valence-electron chi connectivity index (χ3n) is 2.19. The van der Waals surface area contributed by atoms with Crippen LogP contribution in [0.15, 0.2) is 28.7 Å². The van der Waals surface area contributed by atoms with E-state index in [1.165, 1.54) is 0 Å². The molecule has 0 unspecified atom stereocenters. The SMILES string of the molecule is CC.O=C(NCC[C@@H](O)c1cccc(Br)c1)C(F)(F)F. The number of carbonyl (C=O) groups excluding carboxylic acids is 1. The van der Waals surface area contributed by atoms with E-state index in [1.807, 2.05) is 13.8 Å². The van der Waals surface area contributed by atoms with E-state index in [9.17, 15) is 23.1 Å². The topological polar surface area (TPSA) is 49.3 Å². The molecular formula is C13H17BrF3NO2. The van der Waals surface area contributed by atoms with Gasteiger partial charge in [0.2, 0.25) is 0 Å². The maximum atomic E-state index is 11.9. The van der Waals surface area contributed by atoms with Gasteiger partial charge in [0.05, 0.1) is 6.10 Å². The third kappa shape index (κ3) is 6.91. The fourth-order valence-corrected chi connectivity index (χ4v) is 1.72. The average Bonchev–Trinajstić information content (AvgIpc) is 2.39. The first-order chi connectivity index (χ1) is 9.30. The standard InChI is InChI=1S/C11H11BrF3NO2.C2H6/c12-8-3-1-2-7(6-8)9(17)4-5-16-10(18)11(13,14)15;1-2/h1-3,6,9,17H,4-5H2,(H,16,18);1-2H3/t9-;/m1./s1. The van der Waals surface area contributed by atoms with Gasteiger partial charge in [-0.2, -0.15) is 13.2 Å². The number of aliphatic hydroxyl groups is 1. The summed E-state index contributed by atoms with van der Waals surface area (Å²) in [6, 6.07) is 6.79. The van der Waals surface area contributed by atoms with Gasteiger partial charge in [-0.1, -0.05) is 41.9 Å². The second kappa shape index (κ2) is 8.97. The van der Waals surface area contributed by atoms with E-state index in [1.54, 1.807) is 29.6 Å². The molecule has 0 radical (unpaired) electrons. The van der Waals surface area contributed by atoms with Crippen LogP contribution in [0.25, 0.3) is 0 Å². The summed E-state index contributed by atoms with van der Waals surface area (Å²) in [5.41, 5.74) is 0.575. The monoisotopic (exact) mass is 355 g/mol. The first kappa shape index (κ1) is 18.9. The Morgan fingerprint density at radius 2 is 2.00 bits per heavy atom. The van der Waals surface area contributed by atoms with Gasteiger partial charge in [-0.05, 0) is 24.1 Å². The summed E-state index contributed by atoms with van der Waals surface area (Å²) >= 11 is 3.22. The van der Waals surface area contributed by atoms with Crippen molar-refractivity contribution >= 4 is 21.8 Å². The van der Waals surface area contributed by atoms with Gasteiger partial charge in [0.25, 0.3) is 0 Å². The predicted molar refractivity (Wildman–Crippen MR) is 74.1 cm³/mol. The summed E-state index contributed by atoms with van der Waals surface area (Å²) in [5, 5.41) is 11.4. The molecule has 0 saturated carbocycles. The van der Waals surface area contributed by atoms with Crippen LogP contribution in [0, 0.1) is 0 Å². The van der Waals surface area contributed by atoms with Crippen LogP contribution in [0.1, 0.15) is 31.9 Å². The Balaban J connectivity index is 0.00000172. The van der Waals surface area contributed by atoms with Crippen LogP contribution < -0.4 is 5.32 Å². The molecular weight excluding hydrogens is 339 g/mol. The van der Waals surface area contributed by atoms with Crippen molar-refractivity contribution in [1.29, 1.82) is 0 Å². The smallest absolute Gasteiger partial charge is 0.388 e. The first-order valence-electron chi connectivity index (χ1n) is 6.09. The molecule has 0 aliphatic heterocycles. The minimum Gasteiger partial charge on any atom is -0.388 e. The second-order valence-electron chi connectivity index (χ2n) is 3.61. The molecule has 1 aromatic carbocycles. The van der Waals surface area contributed by atoms with Gasteiger partial charge in [-0.3, -0.25) is 4.79 Å². The van der Waals surface area contributed by atoms with E-state index in [0.717, 1.165) is 4.47 Å². The highest BCUT2D eigenvalue weighted by Gasteiger charge is 2.38. The molecule has 1 atom stereocenters. The van der Waals surface area contributed by atoms with Crippen LogP contribution in [-0.4, -0.2) is 23.7 Å². The van der Waals surface area contributed by atoms with Crippen LogP contribution in [0.4, 0.5) is 13.2 Å². The van der Waals surface area contributed by atoms with Crippen LogP contribution in [-0.2, 0) is 4.79 Å². The fourth-order valence-electron chi connectivity index (χ4n) is 1.30. The second-order valence-corrected chi connectivity index (χ2v) is 4.53. The van der Waals surface area contributed by atoms with Crippen LogP contribution in [0.3, 0.4) is 0 Å². The van der Waals surface area contributed by atoms with E-state index in [0.29, 0.717) is 5.56 Å². The zero-order valence-corrected chi connectivity index (χ0v) is 12.8. The van der Waals surface area contributed by atoms with Gasteiger partial charge >= 0.3 is 12.1 Å². The number of benzene rings is 1. The largest absolute Gasteiger partial charge is 0.471 e. The lowest BCUT2D eigenvalue weighted by molar-refractivity contribution is -0.173. The van der Waals surface area contributed by atoms with Crippen molar-refractivity contribution in [2.24, 2.45) is 0 Å². The number of rotatable bonds is 4. The number of hydrogen-bond acceptors (Lipinski definition) is 2. The normalized spacial score (nSPS) is 12.2. The number of nitrogens with one attached hydrogen (secondary N) is 1. The highest BCUT2D eigenvalue weighted by molar-refractivity contribution is 9.10. The Bertz CT molecular complexity index is 424. The molecule has 1 aromatic rings. The molecule has 3 nitrogen and oxygen atoms in total. The molecule has 20 heavy (non-hydrogen) atoms. The molecule has 1 amide bonds. The van der Waals surface area contributed by atoms with Crippen molar-refractivity contribution in [3.63, 3.8) is 0 Å². The van der Waals surface area contributed by atoms with E-state index in [4.69, 9.17) is 0 Å². The highest BCUT2D eigenvalue weighted by atomic mass is 79.9. The van der Waals surface area contributed by atoms with Crippen molar-refractivity contribution in [2.75, 3.05) is 6.54 Å². The number of hydrogen-bond donors (Lipinski definition) is 2. The van der Waals surface area contributed by atoms with E-state index >= 15 is 0 Å². The lowest BCUT2D eigenvalue weighted by atomic mass is 10.1. The Hall–Kier alpha value is -1.08. The van der Waals surface area contributed by atoms with E-state index in [-0.39, 0.29) is 13.0 Å². The summed E-state index contributed by atoms with van der Waals surface area (Å²) < 4.78 is 36.4. The molecule has 0 spiro atoms. The molecule has 0 aromatic heterocycles. The molecule has 114 valence electrons. The van der Waals surface area contributed by atoms with Crippen LogP contribution in [0.5, 0.6) is 0 Å². The zero-order chi connectivity index (χ0) is 15.8. The molecule has 0 heterocycles. The Kier molecular flexibility index (Phi) is 8.48. The number of carbonyl (C=O) groups is 1. The van der Waals surface area contributed by atoms with Gasteiger partial charge < -0.3 is 10.4 Å². The number of halogens is 4. The number of amides is 1. The van der Waals surface area contributed by atoms with Crippen molar-refractivity contribution in [3.8, 4) is 0 Å². The molecule has 0 aliphatic carbocycles. The molecule has 7 heteroatoms. The summed E-state index contributed by atoms with van der Waals surface area (Å²) in [4.78, 5) is 10.5. The Morgan fingerprint density at radius 3 is 2.50 bits per heavy atom. The summed E-state index contributed by atoms with van der Waals surface area (Å²) in [6.45, 7) is 3.76. The molecule has 1 rings (SSSR count). The fraction of sp³-hybridized carbons (Fsp3) is 0.462. The summed E-state index contributed by atoms with van der Waals surface area (Å²) in [6.07, 6.45) is -5.80. The van der Waals surface area contributed by atoms with Crippen molar-refractivity contribution < 1.29 is 23.1 Å². The van der Waals surface area contributed by atoms with Gasteiger partial charge in [-0.25, -0.2) is 0 Å². The molecule has 2 N–H and O–H groups in total. The van der Waals surface area contributed by atoms with Gasteiger partial charge in [-0.15, -0.1) is 0 Å².